The van der Waals surface area contributed by atoms with E-state index in [0.29, 0.717) is 5.56 Å². The van der Waals surface area contributed by atoms with E-state index in [-0.39, 0.29) is 12.2 Å². The van der Waals surface area contributed by atoms with Crippen molar-refractivity contribution in [3.05, 3.63) is 29.3 Å². The second-order valence-corrected chi connectivity index (χ2v) is 4.23. The fourth-order valence-corrected chi connectivity index (χ4v) is 1.28. The summed E-state index contributed by atoms with van der Waals surface area (Å²) < 4.78 is 5.02. The number of aromatic hydroxyl groups is 1. The largest absolute Gasteiger partial charge is 0.508 e. The van der Waals surface area contributed by atoms with Crippen molar-refractivity contribution >= 4 is 5.97 Å². The maximum Gasteiger partial charge on any atom is 0.310 e. The maximum absolute atomic E-state index is 11.5. The lowest BCUT2D eigenvalue weighted by Crippen LogP contribution is -2.26. The van der Waals surface area contributed by atoms with Gasteiger partial charge in [-0.2, -0.15) is 0 Å². The lowest BCUT2D eigenvalue weighted by atomic mass is 10.1. The number of phenols is 1. The molecule has 0 aliphatic carbocycles. The zero-order chi connectivity index (χ0) is 13.0. The van der Waals surface area contributed by atoms with Crippen molar-refractivity contribution in [2.75, 3.05) is 0 Å². The van der Waals surface area contributed by atoms with Gasteiger partial charge in [-0.15, -0.1) is 0 Å². The van der Waals surface area contributed by atoms with Crippen LogP contribution in [0.1, 0.15) is 25.0 Å². The highest BCUT2D eigenvalue weighted by atomic mass is 16.6. The first-order valence-corrected chi connectivity index (χ1v) is 5.56. The van der Waals surface area contributed by atoms with Gasteiger partial charge in [0.2, 0.25) is 0 Å². The molecule has 0 fully saturated rings. The quantitative estimate of drug-likeness (QED) is 0.781. The van der Waals surface area contributed by atoms with Crippen LogP contribution in [0, 0.1) is 6.92 Å². The molecule has 2 unspecified atom stereocenters. The van der Waals surface area contributed by atoms with Gasteiger partial charge in [0.1, 0.15) is 11.9 Å². The maximum atomic E-state index is 11.5. The first kappa shape index (κ1) is 13.5. The molecule has 2 atom stereocenters. The molecule has 1 aromatic carbocycles. The Bertz CT molecular complexity index is 398. The normalized spacial score (nSPS) is 14.1. The predicted octanol–water partition coefficient (Wildman–Crippen LogP) is 1.56. The molecular weight excluding hydrogens is 220 g/mol. The summed E-state index contributed by atoms with van der Waals surface area (Å²) in [7, 11) is 0. The van der Waals surface area contributed by atoms with E-state index in [9.17, 15) is 15.0 Å². The Morgan fingerprint density at radius 2 is 2.06 bits per heavy atom. The molecule has 0 saturated carbocycles. The van der Waals surface area contributed by atoms with Crippen LogP contribution in [-0.4, -0.2) is 28.4 Å². The number of rotatable bonds is 4. The monoisotopic (exact) mass is 238 g/mol. The second-order valence-electron chi connectivity index (χ2n) is 4.23. The number of hydrogen-bond acceptors (Lipinski definition) is 4. The Morgan fingerprint density at radius 3 is 2.59 bits per heavy atom. The summed E-state index contributed by atoms with van der Waals surface area (Å²) in [6, 6.07) is 5.06. The lowest BCUT2D eigenvalue weighted by Gasteiger charge is -2.15. The predicted molar refractivity (Wildman–Crippen MR) is 63.8 cm³/mol. The Kier molecular flexibility index (Phi) is 4.52. The van der Waals surface area contributed by atoms with Crippen molar-refractivity contribution in [1.82, 2.24) is 0 Å². The lowest BCUT2D eigenvalue weighted by molar-refractivity contribution is -0.152. The average molecular weight is 238 g/mol. The number of carbonyl (C=O) groups excluding carboxylic acids is 1. The van der Waals surface area contributed by atoms with Crippen LogP contribution in [0.3, 0.4) is 0 Å². The number of phenolic OH excluding ortho intramolecular Hbond substituents is 1. The SMILES string of the molecule is Cc1ccc(CC(=O)OC(C)C(C)O)cc1O. The molecule has 1 aromatic rings. The molecule has 0 aliphatic rings. The topological polar surface area (TPSA) is 66.8 Å². The van der Waals surface area contributed by atoms with Gasteiger partial charge in [0.25, 0.3) is 0 Å². The molecule has 0 aliphatic heterocycles. The standard InChI is InChI=1S/C13H18O4/c1-8-4-5-11(6-12(8)15)7-13(16)17-10(3)9(2)14/h4-6,9-10,14-15H,7H2,1-3H3. The number of esters is 1. The minimum absolute atomic E-state index is 0.0882. The van der Waals surface area contributed by atoms with E-state index in [1.807, 2.05) is 0 Å². The Balaban J connectivity index is 2.59. The summed E-state index contributed by atoms with van der Waals surface area (Å²) in [5.74, 6) is -0.250. The third-order valence-electron chi connectivity index (χ3n) is 2.62. The van der Waals surface area contributed by atoms with Gasteiger partial charge in [0.15, 0.2) is 0 Å². The Morgan fingerprint density at radius 1 is 1.41 bits per heavy atom. The van der Waals surface area contributed by atoms with Crippen LogP contribution in [0.2, 0.25) is 0 Å². The molecule has 0 heterocycles. The van der Waals surface area contributed by atoms with Crippen LogP contribution >= 0.6 is 0 Å². The second kappa shape index (κ2) is 5.68. The zero-order valence-electron chi connectivity index (χ0n) is 10.3. The van der Waals surface area contributed by atoms with E-state index in [0.717, 1.165) is 5.56 Å². The molecule has 0 saturated heterocycles. The summed E-state index contributed by atoms with van der Waals surface area (Å²) in [5, 5.41) is 18.7. The number of aryl methyl sites for hydroxylation is 1. The third-order valence-corrected chi connectivity index (χ3v) is 2.62. The first-order valence-electron chi connectivity index (χ1n) is 5.56. The highest BCUT2D eigenvalue weighted by Gasteiger charge is 2.14. The van der Waals surface area contributed by atoms with Gasteiger partial charge < -0.3 is 14.9 Å². The van der Waals surface area contributed by atoms with Crippen molar-refractivity contribution in [1.29, 1.82) is 0 Å². The van der Waals surface area contributed by atoms with Crippen LogP contribution in [0.5, 0.6) is 5.75 Å². The van der Waals surface area contributed by atoms with Crippen molar-refractivity contribution in [2.45, 2.75) is 39.4 Å². The minimum Gasteiger partial charge on any atom is -0.508 e. The van der Waals surface area contributed by atoms with E-state index in [1.54, 1.807) is 39.0 Å². The zero-order valence-corrected chi connectivity index (χ0v) is 10.3. The van der Waals surface area contributed by atoms with E-state index >= 15 is 0 Å². The molecule has 4 nitrogen and oxygen atoms in total. The van der Waals surface area contributed by atoms with Gasteiger partial charge in [-0.25, -0.2) is 0 Å². The summed E-state index contributed by atoms with van der Waals surface area (Å²) in [6.45, 7) is 4.98. The number of aliphatic hydroxyl groups is 1. The third kappa shape index (κ3) is 4.07. The molecule has 94 valence electrons. The Hall–Kier alpha value is -1.55. The van der Waals surface area contributed by atoms with Gasteiger partial charge in [-0.1, -0.05) is 12.1 Å². The number of carbonyl (C=O) groups is 1. The molecule has 1 rings (SSSR count). The highest BCUT2D eigenvalue weighted by molar-refractivity contribution is 5.73. The highest BCUT2D eigenvalue weighted by Crippen LogP contribution is 2.18. The van der Waals surface area contributed by atoms with Gasteiger partial charge in [-0.3, -0.25) is 4.79 Å². The molecule has 0 amide bonds. The van der Waals surface area contributed by atoms with Crippen LogP contribution in [0.15, 0.2) is 18.2 Å². The van der Waals surface area contributed by atoms with Gasteiger partial charge in [0, 0.05) is 0 Å². The van der Waals surface area contributed by atoms with Crippen molar-refractivity contribution in [3.63, 3.8) is 0 Å². The van der Waals surface area contributed by atoms with Gasteiger partial charge >= 0.3 is 5.97 Å². The summed E-state index contributed by atoms with van der Waals surface area (Å²) in [5.41, 5.74) is 1.45. The van der Waals surface area contributed by atoms with E-state index < -0.39 is 18.2 Å². The molecule has 0 aromatic heterocycles. The van der Waals surface area contributed by atoms with Crippen molar-refractivity contribution in [2.24, 2.45) is 0 Å². The van der Waals surface area contributed by atoms with Crippen LogP contribution in [0.25, 0.3) is 0 Å². The number of ether oxygens (including phenoxy) is 1. The van der Waals surface area contributed by atoms with Gasteiger partial charge in [0.05, 0.1) is 12.5 Å². The summed E-state index contributed by atoms with van der Waals surface area (Å²) in [4.78, 5) is 11.5. The molecule has 0 radical (unpaired) electrons. The van der Waals surface area contributed by atoms with E-state index in [2.05, 4.69) is 0 Å². The van der Waals surface area contributed by atoms with Crippen molar-refractivity contribution < 1.29 is 19.7 Å². The molecule has 0 spiro atoms. The number of benzene rings is 1. The molecule has 0 bridgehead atoms. The number of aliphatic hydroxyl groups excluding tert-OH is 1. The van der Waals surface area contributed by atoms with Crippen LogP contribution < -0.4 is 0 Å². The average Bonchev–Trinajstić information content (AvgIpc) is 2.23. The van der Waals surface area contributed by atoms with E-state index in [4.69, 9.17) is 4.74 Å². The van der Waals surface area contributed by atoms with Crippen LogP contribution in [-0.2, 0) is 16.0 Å². The molecule has 2 N–H and O–H groups in total. The van der Waals surface area contributed by atoms with Gasteiger partial charge in [-0.05, 0) is 38.0 Å². The fourth-order valence-electron chi connectivity index (χ4n) is 1.28. The minimum atomic E-state index is -0.689. The van der Waals surface area contributed by atoms with E-state index in [1.165, 1.54) is 0 Å². The van der Waals surface area contributed by atoms with Crippen molar-refractivity contribution in [3.8, 4) is 5.75 Å². The number of hydrogen-bond donors (Lipinski definition) is 2. The molecular formula is C13H18O4. The summed E-state index contributed by atoms with van der Waals surface area (Å²) in [6.07, 6.45) is -1.13. The Labute approximate surface area is 101 Å². The van der Waals surface area contributed by atoms with Crippen LogP contribution in [0.4, 0.5) is 0 Å². The smallest absolute Gasteiger partial charge is 0.310 e. The first-order chi connectivity index (χ1) is 7.90. The molecule has 17 heavy (non-hydrogen) atoms. The molecule has 4 heteroatoms. The fraction of sp³-hybridized carbons (Fsp3) is 0.462. The summed E-state index contributed by atoms with van der Waals surface area (Å²) >= 11 is 0.